The third-order valence-electron chi connectivity index (χ3n) is 2.86. The first-order valence-electron chi connectivity index (χ1n) is 6.09. The van der Waals surface area contributed by atoms with Gasteiger partial charge in [0.2, 0.25) is 0 Å². The van der Waals surface area contributed by atoms with Gasteiger partial charge in [0, 0.05) is 10.5 Å². The van der Waals surface area contributed by atoms with E-state index in [9.17, 15) is 13.4 Å². The summed E-state index contributed by atoms with van der Waals surface area (Å²) in [4.78, 5) is 11.1. The molecule has 2 aromatic carbocycles. The fourth-order valence-electron chi connectivity index (χ4n) is 1.82. The molecule has 0 aliphatic carbocycles. The Kier molecular flexibility index (Phi) is 5.09. The van der Waals surface area contributed by atoms with Gasteiger partial charge in [-0.2, -0.15) is 0 Å². The lowest BCUT2D eigenvalue weighted by Gasteiger charge is -2.06. The number of hydrogen-bond acceptors (Lipinski definition) is 2. The zero-order valence-corrected chi connectivity index (χ0v) is 12.5. The number of carboxylic acid groups (broad SMARTS) is 1. The first-order valence-corrected chi connectivity index (χ1v) is 7.79. The molecule has 0 radical (unpaired) electrons. The second kappa shape index (κ2) is 6.83. The molecular formula is C15H12ClFO3S. The standard InChI is InChI=1S/C15H12ClFO3S/c16-13-3-1-2-11(15(13)17)9-21(20)12-6-4-10(5-7-12)8-14(18)19/h1-7H,8-9H2,(H,18,19). The number of halogens is 2. The summed E-state index contributed by atoms with van der Waals surface area (Å²) in [5.74, 6) is -1.47. The lowest BCUT2D eigenvalue weighted by molar-refractivity contribution is -0.136. The largest absolute Gasteiger partial charge is 0.481 e. The van der Waals surface area contributed by atoms with E-state index in [1.807, 2.05) is 0 Å². The SMILES string of the molecule is O=C(O)Cc1ccc(S(=O)Cc2cccc(Cl)c2F)cc1. The smallest absolute Gasteiger partial charge is 0.307 e. The van der Waals surface area contributed by atoms with Crippen LogP contribution in [0.5, 0.6) is 0 Å². The van der Waals surface area contributed by atoms with Crippen molar-refractivity contribution in [3.05, 3.63) is 64.4 Å². The summed E-state index contributed by atoms with van der Waals surface area (Å²) in [7, 11) is -1.42. The number of carbonyl (C=O) groups is 1. The zero-order chi connectivity index (χ0) is 15.4. The molecule has 2 aromatic rings. The van der Waals surface area contributed by atoms with Crippen molar-refractivity contribution < 1.29 is 18.5 Å². The minimum atomic E-state index is -1.42. The number of aliphatic carboxylic acids is 1. The predicted molar refractivity (Wildman–Crippen MR) is 79.3 cm³/mol. The summed E-state index contributed by atoms with van der Waals surface area (Å²) < 4.78 is 25.9. The summed E-state index contributed by atoms with van der Waals surface area (Å²) >= 11 is 5.68. The van der Waals surface area contributed by atoms with Crippen LogP contribution >= 0.6 is 11.6 Å². The molecule has 110 valence electrons. The van der Waals surface area contributed by atoms with Crippen LogP contribution in [0.15, 0.2) is 47.4 Å². The second-order valence-corrected chi connectivity index (χ2v) is 6.28. The van der Waals surface area contributed by atoms with Gasteiger partial charge in [0.1, 0.15) is 5.82 Å². The molecule has 0 saturated heterocycles. The van der Waals surface area contributed by atoms with Crippen molar-refractivity contribution in [2.24, 2.45) is 0 Å². The zero-order valence-electron chi connectivity index (χ0n) is 10.9. The highest BCUT2D eigenvalue weighted by molar-refractivity contribution is 7.84. The van der Waals surface area contributed by atoms with E-state index < -0.39 is 22.6 Å². The molecule has 0 aliphatic heterocycles. The van der Waals surface area contributed by atoms with Gasteiger partial charge in [-0.1, -0.05) is 35.9 Å². The average Bonchev–Trinajstić information content (AvgIpc) is 2.44. The van der Waals surface area contributed by atoms with Crippen molar-refractivity contribution in [2.75, 3.05) is 0 Å². The fourth-order valence-corrected chi connectivity index (χ4v) is 3.12. The third-order valence-corrected chi connectivity index (χ3v) is 4.52. The summed E-state index contributed by atoms with van der Waals surface area (Å²) in [5.41, 5.74) is 0.910. The lowest BCUT2D eigenvalue weighted by Crippen LogP contribution is -2.02. The van der Waals surface area contributed by atoms with Gasteiger partial charge in [-0.25, -0.2) is 4.39 Å². The monoisotopic (exact) mass is 326 g/mol. The molecule has 0 heterocycles. The van der Waals surface area contributed by atoms with Crippen molar-refractivity contribution in [3.8, 4) is 0 Å². The maximum absolute atomic E-state index is 13.8. The van der Waals surface area contributed by atoms with Crippen LogP contribution in [0.3, 0.4) is 0 Å². The Morgan fingerprint density at radius 2 is 1.86 bits per heavy atom. The normalized spacial score (nSPS) is 12.1. The van der Waals surface area contributed by atoms with Crippen LogP contribution in [0.25, 0.3) is 0 Å². The second-order valence-electron chi connectivity index (χ2n) is 4.42. The highest BCUT2D eigenvalue weighted by Gasteiger charge is 2.11. The molecule has 0 saturated carbocycles. The molecule has 3 nitrogen and oxygen atoms in total. The summed E-state index contributed by atoms with van der Waals surface area (Å²) in [6.45, 7) is 0. The lowest BCUT2D eigenvalue weighted by atomic mass is 10.2. The van der Waals surface area contributed by atoms with Crippen molar-refractivity contribution >= 4 is 28.4 Å². The van der Waals surface area contributed by atoms with Gasteiger partial charge in [0.25, 0.3) is 0 Å². The molecule has 2 rings (SSSR count). The van der Waals surface area contributed by atoms with Gasteiger partial charge in [-0.15, -0.1) is 0 Å². The maximum Gasteiger partial charge on any atom is 0.307 e. The molecule has 1 N–H and O–H groups in total. The Balaban J connectivity index is 2.13. The van der Waals surface area contributed by atoms with E-state index in [0.717, 1.165) is 0 Å². The highest BCUT2D eigenvalue weighted by atomic mass is 35.5. The van der Waals surface area contributed by atoms with Crippen LogP contribution in [0.2, 0.25) is 5.02 Å². The van der Waals surface area contributed by atoms with E-state index in [1.165, 1.54) is 12.1 Å². The molecular weight excluding hydrogens is 315 g/mol. The van der Waals surface area contributed by atoms with Crippen LogP contribution in [0, 0.1) is 5.82 Å². The molecule has 0 fully saturated rings. The highest BCUT2D eigenvalue weighted by Crippen LogP contribution is 2.21. The fraction of sp³-hybridized carbons (Fsp3) is 0.133. The van der Waals surface area contributed by atoms with Gasteiger partial charge in [0.15, 0.2) is 0 Å². The molecule has 1 unspecified atom stereocenters. The Hall–Kier alpha value is -1.72. The molecule has 0 spiro atoms. The van der Waals surface area contributed by atoms with Crippen LogP contribution in [0.1, 0.15) is 11.1 Å². The van der Waals surface area contributed by atoms with Crippen molar-refractivity contribution in [3.63, 3.8) is 0 Å². The summed E-state index contributed by atoms with van der Waals surface area (Å²) in [5, 5.41) is 8.68. The van der Waals surface area contributed by atoms with Crippen LogP contribution in [-0.4, -0.2) is 15.3 Å². The first kappa shape index (κ1) is 15.7. The predicted octanol–water partition coefficient (Wildman–Crippen LogP) is 3.41. The van der Waals surface area contributed by atoms with E-state index in [2.05, 4.69) is 0 Å². The van der Waals surface area contributed by atoms with E-state index >= 15 is 0 Å². The molecule has 0 aliphatic rings. The Bertz CT molecular complexity index is 686. The van der Waals surface area contributed by atoms with E-state index in [-0.39, 0.29) is 22.8 Å². The average molecular weight is 327 g/mol. The molecule has 6 heteroatoms. The maximum atomic E-state index is 13.8. The van der Waals surface area contributed by atoms with Crippen LogP contribution < -0.4 is 0 Å². The Morgan fingerprint density at radius 1 is 1.19 bits per heavy atom. The quantitative estimate of drug-likeness (QED) is 0.916. The summed E-state index contributed by atoms with van der Waals surface area (Å²) in [6.07, 6.45) is -0.0875. The van der Waals surface area contributed by atoms with E-state index in [0.29, 0.717) is 10.5 Å². The minimum Gasteiger partial charge on any atom is -0.481 e. The molecule has 0 bridgehead atoms. The van der Waals surface area contributed by atoms with Crippen molar-refractivity contribution in [2.45, 2.75) is 17.1 Å². The first-order chi connectivity index (χ1) is 9.97. The summed E-state index contributed by atoms with van der Waals surface area (Å²) in [6, 6.07) is 11.0. The van der Waals surface area contributed by atoms with Crippen molar-refractivity contribution in [1.82, 2.24) is 0 Å². The Labute approximate surface area is 128 Å². The van der Waals surface area contributed by atoms with Crippen LogP contribution in [-0.2, 0) is 27.8 Å². The van der Waals surface area contributed by atoms with Gasteiger partial charge in [-0.05, 0) is 23.8 Å². The van der Waals surface area contributed by atoms with Gasteiger partial charge < -0.3 is 5.11 Å². The third kappa shape index (κ3) is 4.12. The van der Waals surface area contributed by atoms with Gasteiger partial charge >= 0.3 is 5.97 Å². The topological polar surface area (TPSA) is 54.4 Å². The molecule has 1 atom stereocenters. The molecule has 21 heavy (non-hydrogen) atoms. The van der Waals surface area contributed by atoms with Gasteiger partial charge in [-0.3, -0.25) is 9.00 Å². The minimum absolute atomic E-state index is 0.00121. The number of benzene rings is 2. The molecule has 0 aromatic heterocycles. The van der Waals surface area contributed by atoms with E-state index in [1.54, 1.807) is 30.3 Å². The van der Waals surface area contributed by atoms with Crippen molar-refractivity contribution in [1.29, 1.82) is 0 Å². The number of rotatable bonds is 5. The Morgan fingerprint density at radius 3 is 2.48 bits per heavy atom. The molecule has 0 amide bonds. The number of hydrogen-bond donors (Lipinski definition) is 1. The van der Waals surface area contributed by atoms with Crippen LogP contribution in [0.4, 0.5) is 4.39 Å². The van der Waals surface area contributed by atoms with E-state index in [4.69, 9.17) is 16.7 Å². The number of carboxylic acids is 1. The van der Waals surface area contributed by atoms with Gasteiger partial charge in [0.05, 0.1) is 28.0 Å².